The number of rotatable bonds is 8. The van der Waals surface area contributed by atoms with E-state index in [0.717, 1.165) is 4.88 Å². The van der Waals surface area contributed by atoms with Crippen molar-refractivity contribution in [2.75, 3.05) is 13.2 Å². The summed E-state index contributed by atoms with van der Waals surface area (Å²) in [6.07, 6.45) is 1.55. The molecule has 7 heteroatoms. The van der Waals surface area contributed by atoms with Crippen molar-refractivity contribution in [1.82, 2.24) is 4.31 Å². The third-order valence-electron chi connectivity index (χ3n) is 3.25. The molecule has 0 radical (unpaired) electrons. The highest BCUT2D eigenvalue weighted by atomic mass is 32.2. The van der Waals surface area contributed by atoms with Gasteiger partial charge in [-0.25, -0.2) is 13.2 Å². The third-order valence-corrected chi connectivity index (χ3v) is 5.94. The average Bonchev–Trinajstić information content (AvgIpc) is 3.08. The molecule has 1 heterocycles. The largest absolute Gasteiger partial charge is 0.462 e. The van der Waals surface area contributed by atoms with Crippen LogP contribution in [0.2, 0.25) is 0 Å². The van der Waals surface area contributed by atoms with E-state index >= 15 is 0 Å². The third kappa shape index (κ3) is 4.31. The van der Waals surface area contributed by atoms with Gasteiger partial charge in [0.1, 0.15) is 0 Å². The molecule has 0 atom stereocenters. The van der Waals surface area contributed by atoms with Gasteiger partial charge in [0, 0.05) is 18.0 Å². The molecule has 0 saturated heterocycles. The van der Waals surface area contributed by atoms with E-state index in [1.807, 2.05) is 17.5 Å². The second-order valence-corrected chi connectivity index (χ2v) is 7.88. The van der Waals surface area contributed by atoms with Crippen LogP contribution in [0.4, 0.5) is 0 Å². The summed E-state index contributed by atoms with van der Waals surface area (Å²) >= 11 is 1.50. The van der Waals surface area contributed by atoms with Gasteiger partial charge < -0.3 is 4.74 Å². The van der Waals surface area contributed by atoms with E-state index in [1.54, 1.807) is 13.0 Å². The lowest BCUT2D eigenvalue weighted by molar-refractivity contribution is 0.0526. The van der Waals surface area contributed by atoms with E-state index in [1.165, 1.54) is 39.9 Å². The smallest absolute Gasteiger partial charge is 0.338 e. The maximum Gasteiger partial charge on any atom is 0.338 e. The van der Waals surface area contributed by atoms with Crippen molar-refractivity contribution in [2.45, 2.75) is 18.4 Å². The van der Waals surface area contributed by atoms with Gasteiger partial charge in [-0.15, -0.1) is 17.9 Å². The first-order valence-corrected chi connectivity index (χ1v) is 9.71. The Morgan fingerprint density at radius 2 is 2.00 bits per heavy atom. The SMILES string of the molecule is C=CCN(Cc1cccs1)S(=O)(=O)c1ccc(C(=O)OCC)cc1. The van der Waals surface area contributed by atoms with Crippen molar-refractivity contribution in [1.29, 1.82) is 0 Å². The molecule has 1 aromatic heterocycles. The number of benzene rings is 1. The van der Waals surface area contributed by atoms with Gasteiger partial charge in [0.15, 0.2) is 0 Å². The van der Waals surface area contributed by atoms with E-state index < -0.39 is 16.0 Å². The average molecular weight is 365 g/mol. The maximum atomic E-state index is 12.8. The molecule has 5 nitrogen and oxygen atoms in total. The summed E-state index contributed by atoms with van der Waals surface area (Å²) in [5.74, 6) is -0.469. The zero-order valence-electron chi connectivity index (χ0n) is 13.3. The minimum atomic E-state index is -3.68. The molecule has 0 aliphatic heterocycles. The molecule has 2 aromatic rings. The number of nitrogens with zero attached hydrogens (tertiary/aromatic N) is 1. The number of carbonyl (C=O) groups is 1. The van der Waals surface area contributed by atoms with Crippen LogP contribution >= 0.6 is 11.3 Å². The van der Waals surface area contributed by atoms with E-state index in [9.17, 15) is 13.2 Å². The Hall–Kier alpha value is -1.96. The molecule has 0 spiro atoms. The molecule has 0 bridgehead atoms. The molecule has 24 heavy (non-hydrogen) atoms. The van der Waals surface area contributed by atoms with Gasteiger partial charge in [-0.2, -0.15) is 4.31 Å². The Morgan fingerprint density at radius 1 is 1.29 bits per heavy atom. The molecule has 1 aromatic carbocycles. The predicted octanol–water partition coefficient (Wildman–Crippen LogP) is 3.30. The zero-order chi connectivity index (χ0) is 17.6. The van der Waals surface area contributed by atoms with Gasteiger partial charge in [0.2, 0.25) is 10.0 Å². The van der Waals surface area contributed by atoms with Crippen molar-refractivity contribution < 1.29 is 17.9 Å². The molecule has 0 aliphatic rings. The van der Waals surface area contributed by atoms with Gasteiger partial charge >= 0.3 is 5.97 Å². The fraction of sp³-hybridized carbons (Fsp3) is 0.235. The van der Waals surface area contributed by atoms with Crippen molar-refractivity contribution in [2.24, 2.45) is 0 Å². The van der Waals surface area contributed by atoms with Gasteiger partial charge in [0.25, 0.3) is 0 Å². The highest BCUT2D eigenvalue weighted by molar-refractivity contribution is 7.89. The summed E-state index contributed by atoms with van der Waals surface area (Å²) in [6.45, 7) is 6.11. The minimum absolute atomic E-state index is 0.133. The monoisotopic (exact) mass is 365 g/mol. The van der Waals surface area contributed by atoms with Crippen LogP contribution in [0.25, 0.3) is 0 Å². The summed E-state index contributed by atoms with van der Waals surface area (Å²) in [5.41, 5.74) is 0.323. The maximum absolute atomic E-state index is 12.8. The summed E-state index contributed by atoms with van der Waals surface area (Å²) < 4.78 is 31.9. The molecule has 0 unspecified atom stereocenters. The van der Waals surface area contributed by atoms with Crippen molar-refractivity contribution in [3.63, 3.8) is 0 Å². The molecule has 0 fully saturated rings. The van der Waals surface area contributed by atoms with Crippen molar-refractivity contribution in [3.8, 4) is 0 Å². The van der Waals surface area contributed by atoms with Gasteiger partial charge in [0.05, 0.1) is 17.1 Å². The summed E-state index contributed by atoms with van der Waals surface area (Å²) in [7, 11) is -3.68. The highest BCUT2D eigenvalue weighted by Crippen LogP contribution is 2.21. The van der Waals surface area contributed by atoms with Crippen molar-refractivity contribution >= 4 is 27.3 Å². The standard InChI is InChI=1S/C17H19NO4S2/c1-3-11-18(13-15-6-5-12-23-15)24(20,21)16-9-7-14(8-10-16)17(19)22-4-2/h3,5-10,12H,1,4,11,13H2,2H3. The van der Waals surface area contributed by atoms with E-state index in [-0.39, 0.29) is 24.6 Å². The van der Waals surface area contributed by atoms with Crippen LogP contribution in [0.3, 0.4) is 0 Å². The summed E-state index contributed by atoms with van der Waals surface area (Å²) in [5, 5.41) is 1.90. The lowest BCUT2D eigenvalue weighted by Gasteiger charge is -2.20. The molecular weight excluding hydrogens is 346 g/mol. The fourth-order valence-corrected chi connectivity index (χ4v) is 4.28. The van der Waals surface area contributed by atoms with Crippen LogP contribution < -0.4 is 0 Å². The molecular formula is C17H19NO4S2. The number of sulfonamides is 1. The zero-order valence-corrected chi connectivity index (χ0v) is 15.0. The first kappa shape index (κ1) is 18.4. The van der Waals surface area contributed by atoms with Gasteiger partial charge in [-0.05, 0) is 42.6 Å². The number of ether oxygens (including phenoxy) is 1. The van der Waals surface area contributed by atoms with E-state index in [0.29, 0.717) is 5.56 Å². The minimum Gasteiger partial charge on any atom is -0.462 e. The first-order chi connectivity index (χ1) is 11.5. The normalized spacial score (nSPS) is 11.4. The van der Waals surface area contributed by atoms with Crippen LogP contribution in [0.1, 0.15) is 22.2 Å². The topological polar surface area (TPSA) is 63.7 Å². The molecule has 128 valence electrons. The highest BCUT2D eigenvalue weighted by Gasteiger charge is 2.24. The Balaban J connectivity index is 2.25. The number of thiophene rings is 1. The second kappa shape index (κ2) is 8.23. The Morgan fingerprint density at radius 3 is 2.54 bits per heavy atom. The van der Waals surface area contributed by atoms with Crippen LogP contribution in [0.5, 0.6) is 0 Å². The molecule has 0 aliphatic carbocycles. The molecule has 0 N–H and O–H groups in total. The number of carbonyl (C=O) groups excluding carboxylic acids is 1. The van der Waals surface area contributed by atoms with Crippen LogP contribution in [-0.2, 0) is 21.3 Å². The summed E-state index contributed by atoms with van der Waals surface area (Å²) in [6, 6.07) is 9.54. The Kier molecular flexibility index (Phi) is 6.30. The van der Waals surface area contributed by atoms with Gasteiger partial charge in [-0.1, -0.05) is 12.1 Å². The molecule has 2 rings (SSSR count). The predicted molar refractivity (Wildman–Crippen MR) is 94.5 cm³/mol. The van der Waals surface area contributed by atoms with E-state index in [4.69, 9.17) is 4.74 Å². The van der Waals surface area contributed by atoms with Crippen LogP contribution in [-0.4, -0.2) is 31.8 Å². The van der Waals surface area contributed by atoms with Crippen molar-refractivity contribution in [3.05, 3.63) is 64.9 Å². The Bertz CT molecular complexity index is 781. The lowest BCUT2D eigenvalue weighted by Crippen LogP contribution is -2.30. The first-order valence-electron chi connectivity index (χ1n) is 7.39. The number of hydrogen-bond donors (Lipinski definition) is 0. The number of esters is 1. The molecule has 0 saturated carbocycles. The quantitative estimate of drug-likeness (QED) is 0.532. The van der Waals surface area contributed by atoms with Gasteiger partial charge in [-0.3, -0.25) is 0 Å². The lowest BCUT2D eigenvalue weighted by atomic mass is 10.2. The van der Waals surface area contributed by atoms with Crippen LogP contribution in [0.15, 0.2) is 59.3 Å². The summed E-state index contributed by atoms with van der Waals surface area (Å²) in [4.78, 5) is 12.7. The second-order valence-electron chi connectivity index (χ2n) is 4.91. The van der Waals surface area contributed by atoms with Crippen LogP contribution in [0, 0.1) is 0 Å². The Labute approximate surface area is 146 Å². The fourth-order valence-electron chi connectivity index (χ4n) is 2.09. The number of hydrogen-bond acceptors (Lipinski definition) is 5. The molecule has 0 amide bonds. The van der Waals surface area contributed by atoms with E-state index in [2.05, 4.69) is 6.58 Å².